The first kappa shape index (κ1) is 23.3. The van der Waals surface area contributed by atoms with Gasteiger partial charge in [-0.15, -0.1) is 0 Å². The van der Waals surface area contributed by atoms with Crippen molar-refractivity contribution in [2.75, 3.05) is 6.26 Å². The van der Waals surface area contributed by atoms with Crippen molar-refractivity contribution in [1.82, 2.24) is 14.3 Å². The average Bonchev–Trinajstić information content (AvgIpc) is 2.75. The molecule has 1 aromatic heterocycles. The van der Waals surface area contributed by atoms with Crippen molar-refractivity contribution in [1.29, 1.82) is 0 Å². The van der Waals surface area contributed by atoms with E-state index < -0.39 is 16.1 Å². The van der Waals surface area contributed by atoms with E-state index in [-0.39, 0.29) is 17.3 Å². The Hall–Kier alpha value is -2.84. The average molecular weight is 470 g/mol. The number of halogens is 1. The van der Waals surface area contributed by atoms with Gasteiger partial charge in [0.05, 0.1) is 11.9 Å². The smallest absolute Gasteiger partial charge is 0.257 e. The Morgan fingerprint density at radius 1 is 1.15 bits per heavy atom. The van der Waals surface area contributed by atoms with E-state index in [1.165, 1.54) is 12.1 Å². The Labute approximate surface area is 193 Å². The number of sulfonamides is 1. The highest BCUT2D eigenvalue weighted by Crippen LogP contribution is 2.33. The fourth-order valence-electron chi connectivity index (χ4n) is 4.82. The van der Waals surface area contributed by atoms with E-state index >= 15 is 0 Å². The van der Waals surface area contributed by atoms with Gasteiger partial charge in [-0.05, 0) is 61.9 Å². The van der Waals surface area contributed by atoms with Crippen LogP contribution in [0, 0.1) is 12.7 Å². The van der Waals surface area contributed by atoms with Crippen LogP contribution in [0.4, 0.5) is 4.39 Å². The first-order valence-electron chi connectivity index (χ1n) is 11.1. The zero-order chi connectivity index (χ0) is 23.8. The van der Waals surface area contributed by atoms with Crippen molar-refractivity contribution in [3.8, 4) is 11.1 Å². The maximum atomic E-state index is 13.7. The van der Waals surface area contributed by atoms with E-state index in [4.69, 9.17) is 0 Å². The summed E-state index contributed by atoms with van der Waals surface area (Å²) in [6, 6.07) is 13.7. The fourth-order valence-corrected chi connectivity index (χ4v) is 5.65. The topological polar surface area (TPSA) is 81.1 Å². The van der Waals surface area contributed by atoms with Crippen LogP contribution in [0.3, 0.4) is 0 Å². The maximum Gasteiger partial charge on any atom is 0.257 e. The summed E-state index contributed by atoms with van der Waals surface area (Å²) in [4.78, 5) is 18.1. The summed E-state index contributed by atoms with van der Waals surface area (Å²) < 4.78 is 42.3. The number of fused-ring (bicyclic) bond motifs is 1. The third-order valence-corrected chi connectivity index (χ3v) is 6.98. The van der Waals surface area contributed by atoms with Crippen molar-refractivity contribution in [3.63, 3.8) is 0 Å². The van der Waals surface area contributed by atoms with Gasteiger partial charge in [0.2, 0.25) is 10.0 Å². The largest absolute Gasteiger partial charge is 0.297 e. The van der Waals surface area contributed by atoms with Crippen molar-refractivity contribution in [2.24, 2.45) is 0 Å². The van der Waals surface area contributed by atoms with Gasteiger partial charge in [-0.1, -0.05) is 36.4 Å². The lowest BCUT2D eigenvalue weighted by molar-refractivity contribution is 0.415. The predicted octanol–water partition coefficient (Wildman–Crippen LogP) is 3.57. The number of benzene rings is 2. The van der Waals surface area contributed by atoms with Crippen molar-refractivity contribution >= 4 is 10.0 Å². The van der Waals surface area contributed by atoms with Crippen LogP contribution < -0.4 is 10.3 Å². The molecule has 1 N–H and O–H groups in total. The molecule has 1 aliphatic rings. The number of hydrogen-bond acceptors (Lipinski definition) is 4. The minimum atomic E-state index is -3.47. The van der Waals surface area contributed by atoms with Crippen LogP contribution in [0.15, 0.2) is 53.3 Å². The molecular weight excluding hydrogens is 441 g/mol. The molecular formula is C25H28FN3O3S. The SMILES string of the molecule is CCn1c(C)nc2c(c1=O)[C@@H](Cc1cccc(-c3cccc(F)c3)c1)[C@@H](NS(C)(=O)=O)CC2. The molecule has 0 aliphatic heterocycles. The Balaban J connectivity index is 1.78. The van der Waals surface area contributed by atoms with Crippen LogP contribution in [0.1, 0.15) is 41.9 Å². The maximum absolute atomic E-state index is 13.7. The second-order valence-electron chi connectivity index (χ2n) is 8.63. The van der Waals surface area contributed by atoms with Gasteiger partial charge >= 0.3 is 0 Å². The van der Waals surface area contributed by atoms with Gasteiger partial charge < -0.3 is 0 Å². The van der Waals surface area contributed by atoms with Gasteiger partial charge in [0.1, 0.15) is 11.6 Å². The van der Waals surface area contributed by atoms with E-state index in [1.807, 2.05) is 44.2 Å². The molecule has 0 amide bonds. The van der Waals surface area contributed by atoms with Crippen molar-refractivity contribution < 1.29 is 12.8 Å². The Morgan fingerprint density at radius 2 is 1.85 bits per heavy atom. The lowest BCUT2D eigenvalue weighted by Gasteiger charge is -2.33. The number of aromatic nitrogens is 2. The lowest BCUT2D eigenvalue weighted by atomic mass is 9.78. The number of rotatable bonds is 6. The summed E-state index contributed by atoms with van der Waals surface area (Å²) in [7, 11) is -3.47. The highest BCUT2D eigenvalue weighted by molar-refractivity contribution is 7.88. The minimum absolute atomic E-state index is 0.105. The van der Waals surface area contributed by atoms with E-state index in [0.29, 0.717) is 37.2 Å². The molecule has 2 atom stereocenters. The highest BCUT2D eigenvalue weighted by atomic mass is 32.2. The molecule has 33 heavy (non-hydrogen) atoms. The monoisotopic (exact) mass is 469 g/mol. The highest BCUT2D eigenvalue weighted by Gasteiger charge is 2.35. The summed E-state index contributed by atoms with van der Waals surface area (Å²) in [6.07, 6.45) is 2.72. The molecule has 0 unspecified atom stereocenters. The Bertz CT molecular complexity index is 1350. The summed E-state index contributed by atoms with van der Waals surface area (Å²) >= 11 is 0. The molecule has 2 aromatic carbocycles. The molecule has 0 saturated heterocycles. The molecule has 1 heterocycles. The molecule has 174 valence electrons. The molecule has 1 aliphatic carbocycles. The quantitative estimate of drug-likeness (QED) is 0.599. The van der Waals surface area contributed by atoms with Gasteiger partial charge in [-0.3, -0.25) is 9.36 Å². The summed E-state index contributed by atoms with van der Waals surface area (Å²) in [5.74, 6) is 0.00495. The third-order valence-electron chi connectivity index (χ3n) is 6.24. The van der Waals surface area contributed by atoms with Gasteiger partial charge in [-0.2, -0.15) is 0 Å². The summed E-state index contributed by atoms with van der Waals surface area (Å²) in [5, 5.41) is 0. The van der Waals surface area contributed by atoms with Crippen LogP contribution in [-0.4, -0.2) is 30.3 Å². The van der Waals surface area contributed by atoms with Crippen LogP contribution >= 0.6 is 0 Å². The molecule has 0 saturated carbocycles. The third kappa shape index (κ3) is 5.07. The van der Waals surface area contributed by atoms with Gasteiger partial charge in [0.25, 0.3) is 5.56 Å². The fraction of sp³-hybridized carbons (Fsp3) is 0.360. The van der Waals surface area contributed by atoms with Crippen molar-refractivity contribution in [3.05, 3.63) is 87.3 Å². The molecule has 0 bridgehead atoms. The second kappa shape index (κ2) is 9.19. The number of hydrogen-bond donors (Lipinski definition) is 1. The minimum Gasteiger partial charge on any atom is -0.297 e. The Kier molecular flexibility index (Phi) is 6.50. The Morgan fingerprint density at radius 3 is 2.52 bits per heavy atom. The van der Waals surface area contributed by atoms with Crippen LogP contribution in [0.2, 0.25) is 0 Å². The molecule has 6 nitrogen and oxygen atoms in total. The molecule has 0 fully saturated rings. The summed E-state index contributed by atoms with van der Waals surface area (Å²) in [6.45, 7) is 4.22. The normalized spacial score (nSPS) is 18.2. The molecule has 4 rings (SSSR count). The molecule has 0 spiro atoms. The standard InChI is InChI=1S/C25H28FN3O3S/c1-4-29-16(2)27-23-12-11-22(28-33(3,31)32)21(24(23)25(29)30)14-17-7-5-8-18(13-17)19-9-6-10-20(26)15-19/h5-10,13,15,21-22,28H,4,11-12,14H2,1-3H3/t21-,22-/m0/s1. The van der Waals surface area contributed by atoms with Gasteiger partial charge in [-0.25, -0.2) is 22.5 Å². The second-order valence-corrected chi connectivity index (χ2v) is 10.4. The number of nitrogens with one attached hydrogen (secondary N) is 1. The first-order chi connectivity index (χ1) is 15.7. The van der Waals surface area contributed by atoms with Crippen molar-refractivity contribution in [2.45, 2.75) is 51.6 Å². The zero-order valence-corrected chi connectivity index (χ0v) is 19.8. The van der Waals surface area contributed by atoms with Crippen LogP contribution in [-0.2, 0) is 29.4 Å². The number of nitrogens with zero attached hydrogens (tertiary/aromatic N) is 2. The van der Waals surface area contributed by atoms with Crippen LogP contribution in [0.25, 0.3) is 11.1 Å². The van der Waals surface area contributed by atoms with Gasteiger partial charge in [0.15, 0.2) is 0 Å². The molecule has 0 radical (unpaired) electrons. The number of aryl methyl sites for hydroxylation is 2. The lowest BCUT2D eigenvalue weighted by Crippen LogP contribution is -2.46. The van der Waals surface area contributed by atoms with E-state index in [0.717, 1.165) is 28.6 Å². The molecule has 3 aromatic rings. The van der Waals surface area contributed by atoms with E-state index in [1.54, 1.807) is 10.6 Å². The van der Waals surface area contributed by atoms with Crippen LogP contribution in [0.5, 0.6) is 0 Å². The van der Waals surface area contributed by atoms with E-state index in [9.17, 15) is 17.6 Å². The van der Waals surface area contributed by atoms with Gasteiger partial charge in [0, 0.05) is 24.1 Å². The molecule has 8 heteroatoms. The van der Waals surface area contributed by atoms with E-state index in [2.05, 4.69) is 9.71 Å². The zero-order valence-electron chi connectivity index (χ0n) is 19.0. The first-order valence-corrected chi connectivity index (χ1v) is 13.0. The predicted molar refractivity (Wildman–Crippen MR) is 127 cm³/mol. The summed E-state index contributed by atoms with van der Waals surface area (Å²) in [5.41, 5.74) is 3.80.